The predicted octanol–water partition coefficient (Wildman–Crippen LogP) is 1.81. The summed E-state index contributed by atoms with van der Waals surface area (Å²) in [5.74, 6) is 0.803. The van der Waals surface area contributed by atoms with E-state index in [9.17, 15) is 9.59 Å². The van der Waals surface area contributed by atoms with Gasteiger partial charge in [-0.2, -0.15) is 4.98 Å². The summed E-state index contributed by atoms with van der Waals surface area (Å²) in [5.41, 5.74) is -0.407. The smallest absolute Gasteiger partial charge is 0.337 e. The van der Waals surface area contributed by atoms with Gasteiger partial charge in [0, 0.05) is 38.7 Å². The van der Waals surface area contributed by atoms with Crippen molar-refractivity contribution < 1.29 is 9.25 Å². The van der Waals surface area contributed by atoms with Gasteiger partial charge in [0.05, 0.1) is 0 Å². The van der Waals surface area contributed by atoms with Gasteiger partial charge < -0.3 is 19.1 Å². The molecule has 3 heterocycles. The van der Waals surface area contributed by atoms with Crippen LogP contribution in [0.2, 0.25) is 0 Å². The van der Waals surface area contributed by atoms with Crippen molar-refractivity contribution in [2.24, 2.45) is 10.6 Å². The van der Waals surface area contributed by atoms with Gasteiger partial charge in [0.15, 0.2) is 0 Å². The van der Waals surface area contributed by atoms with E-state index in [4.69, 9.17) is 9.25 Å². The average Bonchev–Trinajstić information content (AvgIpc) is 2.63. The molecule has 9 nitrogen and oxygen atoms in total. The molecule has 9 heteroatoms. The Morgan fingerprint density at radius 3 is 2.59 bits per heavy atom. The highest BCUT2D eigenvalue weighted by Crippen LogP contribution is 2.22. The fourth-order valence-electron chi connectivity index (χ4n) is 3.29. The molecular weight excluding hydrogens is 374 g/mol. The largest absolute Gasteiger partial charge is 0.403 e. The van der Waals surface area contributed by atoms with Crippen LogP contribution >= 0.6 is 0 Å². The second kappa shape index (κ2) is 8.36. The van der Waals surface area contributed by atoms with Crippen LogP contribution in [-0.4, -0.2) is 58.8 Å². The Morgan fingerprint density at radius 1 is 1.28 bits per heavy atom. The standard InChI is InChI=1S/C20H29N5O4/c1-6-13-11-15(26)28-18-16(13)17(27)21-19(22-18)29-23-14(12-20(2,3)4)25-9-7-24(5)8-10-25/h11H,6-10,12H2,1-5H3,(H,21,22,27)/b23-14-. The Balaban J connectivity index is 1.93. The zero-order valence-corrected chi connectivity index (χ0v) is 17.7. The van der Waals surface area contributed by atoms with Gasteiger partial charge in [-0.3, -0.25) is 9.78 Å². The minimum atomic E-state index is -0.548. The first-order valence-corrected chi connectivity index (χ1v) is 9.90. The maximum Gasteiger partial charge on any atom is 0.337 e. The number of hydrogen-bond acceptors (Lipinski definition) is 7. The van der Waals surface area contributed by atoms with Crippen molar-refractivity contribution in [3.63, 3.8) is 0 Å². The molecular formula is C20H29N5O4. The van der Waals surface area contributed by atoms with Gasteiger partial charge in [0.2, 0.25) is 5.71 Å². The second-order valence-electron chi connectivity index (χ2n) is 8.62. The zero-order valence-electron chi connectivity index (χ0n) is 17.7. The summed E-state index contributed by atoms with van der Waals surface area (Å²) >= 11 is 0. The number of aromatic amines is 1. The molecule has 3 rings (SSSR count). The third-order valence-corrected chi connectivity index (χ3v) is 4.85. The van der Waals surface area contributed by atoms with Crippen molar-refractivity contribution in [2.75, 3.05) is 33.2 Å². The maximum absolute atomic E-state index is 12.5. The minimum Gasteiger partial charge on any atom is -0.403 e. The van der Waals surface area contributed by atoms with Gasteiger partial charge in [-0.15, -0.1) is 0 Å². The summed E-state index contributed by atoms with van der Waals surface area (Å²) in [6.45, 7) is 11.9. The van der Waals surface area contributed by atoms with Crippen LogP contribution < -0.4 is 16.0 Å². The van der Waals surface area contributed by atoms with Crippen molar-refractivity contribution in [1.29, 1.82) is 0 Å². The maximum atomic E-state index is 12.5. The quantitative estimate of drug-likeness (QED) is 0.472. The lowest BCUT2D eigenvalue weighted by atomic mass is 9.91. The molecule has 1 aliphatic rings. The first-order chi connectivity index (χ1) is 13.7. The predicted molar refractivity (Wildman–Crippen MR) is 111 cm³/mol. The Labute approximate surface area is 169 Å². The van der Waals surface area contributed by atoms with E-state index < -0.39 is 11.2 Å². The molecule has 0 atom stereocenters. The lowest BCUT2D eigenvalue weighted by molar-refractivity contribution is 0.200. The number of H-pyrrole nitrogens is 1. The first kappa shape index (κ1) is 21.0. The first-order valence-electron chi connectivity index (χ1n) is 9.90. The molecule has 0 aliphatic carbocycles. The Hall–Kier alpha value is -2.68. The third-order valence-electron chi connectivity index (χ3n) is 4.85. The summed E-state index contributed by atoms with van der Waals surface area (Å²) in [6.07, 6.45) is 1.23. The Bertz CT molecular complexity index is 1010. The van der Waals surface area contributed by atoms with Crippen molar-refractivity contribution in [3.05, 3.63) is 32.4 Å². The van der Waals surface area contributed by atoms with E-state index in [1.54, 1.807) is 0 Å². The number of nitrogens with one attached hydrogen (secondary N) is 1. The second-order valence-corrected chi connectivity index (χ2v) is 8.62. The summed E-state index contributed by atoms with van der Waals surface area (Å²) in [6, 6.07) is 1.21. The van der Waals surface area contributed by atoms with Crippen molar-refractivity contribution in [3.8, 4) is 6.01 Å². The van der Waals surface area contributed by atoms with E-state index in [1.165, 1.54) is 6.07 Å². The normalized spacial score (nSPS) is 16.4. The highest BCUT2D eigenvalue weighted by molar-refractivity contribution is 5.82. The molecule has 0 spiro atoms. The number of amidine groups is 1. The molecule has 29 heavy (non-hydrogen) atoms. The molecule has 1 N–H and O–H groups in total. The van der Waals surface area contributed by atoms with E-state index in [-0.39, 0.29) is 22.5 Å². The minimum absolute atomic E-state index is 0.0125. The van der Waals surface area contributed by atoms with Crippen molar-refractivity contribution >= 4 is 16.9 Å². The summed E-state index contributed by atoms with van der Waals surface area (Å²) < 4.78 is 5.11. The highest BCUT2D eigenvalue weighted by atomic mass is 16.6. The molecule has 158 valence electrons. The third kappa shape index (κ3) is 5.23. The number of rotatable bonds is 4. The molecule has 2 aromatic heterocycles. The molecule has 0 radical (unpaired) electrons. The van der Waals surface area contributed by atoms with Crippen LogP contribution in [0.4, 0.5) is 0 Å². The molecule has 0 aromatic carbocycles. The van der Waals surface area contributed by atoms with Gasteiger partial charge in [-0.25, -0.2) is 4.79 Å². The van der Waals surface area contributed by atoms with Gasteiger partial charge >= 0.3 is 11.6 Å². The fraction of sp³-hybridized carbons (Fsp3) is 0.600. The number of nitrogens with zero attached hydrogens (tertiary/aromatic N) is 4. The monoisotopic (exact) mass is 403 g/mol. The van der Waals surface area contributed by atoms with Crippen molar-refractivity contribution in [1.82, 2.24) is 19.8 Å². The highest BCUT2D eigenvalue weighted by Gasteiger charge is 2.23. The van der Waals surface area contributed by atoms with Gasteiger partial charge in [0.25, 0.3) is 5.56 Å². The Morgan fingerprint density at radius 2 is 1.97 bits per heavy atom. The fourth-order valence-corrected chi connectivity index (χ4v) is 3.29. The van der Waals surface area contributed by atoms with Gasteiger partial charge in [0.1, 0.15) is 11.2 Å². The molecule has 0 bridgehead atoms. The van der Waals surface area contributed by atoms with Gasteiger partial charge in [-0.05, 0) is 24.4 Å². The summed E-state index contributed by atoms with van der Waals surface area (Å²) in [7, 11) is 2.09. The molecule has 2 aromatic rings. The van der Waals surface area contributed by atoms with Crippen LogP contribution in [0.15, 0.2) is 25.2 Å². The van der Waals surface area contributed by atoms with Crippen LogP contribution in [0, 0.1) is 5.41 Å². The van der Waals surface area contributed by atoms with Crippen molar-refractivity contribution in [2.45, 2.75) is 40.5 Å². The number of hydrogen-bond donors (Lipinski definition) is 1. The summed E-state index contributed by atoms with van der Waals surface area (Å²) in [4.78, 5) is 40.9. The number of oxime groups is 1. The molecule has 1 aliphatic heterocycles. The molecule has 1 fully saturated rings. The van der Waals surface area contributed by atoms with E-state index in [0.29, 0.717) is 18.4 Å². The SMILES string of the molecule is CCc1cc(=O)oc2nc(O/N=C(/CC(C)(C)C)N3CCN(C)CC3)[nH]c(=O)c12. The van der Waals surface area contributed by atoms with Crippen LogP contribution in [-0.2, 0) is 6.42 Å². The summed E-state index contributed by atoms with van der Waals surface area (Å²) in [5, 5.41) is 4.57. The topological polar surface area (TPSA) is 104 Å². The Kier molecular flexibility index (Phi) is 6.07. The number of fused-ring (bicyclic) bond motifs is 1. The number of aromatic nitrogens is 2. The van der Waals surface area contributed by atoms with Gasteiger partial charge in [-0.1, -0.05) is 32.9 Å². The number of aryl methyl sites for hydroxylation is 1. The molecule has 0 amide bonds. The lowest BCUT2D eigenvalue weighted by Crippen LogP contribution is -2.48. The number of likely N-dealkylation sites (N-methyl/N-ethyl adjacent to an activating group) is 1. The number of piperazine rings is 1. The molecule has 0 unspecified atom stereocenters. The zero-order chi connectivity index (χ0) is 21.2. The van der Waals surface area contributed by atoms with Crippen LogP contribution in [0.5, 0.6) is 6.01 Å². The van der Waals surface area contributed by atoms with E-state index >= 15 is 0 Å². The van der Waals surface area contributed by atoms with Crippen LogP contribution in [0.25, 0.3) is 11.1 Å². The molecule has 0 saturated carbocycles. The molecule has 1 saturated heterocycles. The lowest BCUT2D eigenvalue weighted by Gasteiger charge is -2.35. The average molecular weight is 403 g/mol. The van der Waals surface area contributed by atoms with E-state index in [1.807, 2.05) is 6.92 Å². The van der Waals surface area contributed by atoms with Crippen LogP contribution in [0.1, 0.15) is 39.7 Å². The van der Waals surface area contributed by atoms with E-state index in [0.717, 1.165) is 32.0 Å². The van der Waals surface area contributed by atoms with Crippen LogP contribution in [0.3, 0.4) is 0 Å². The van der Waals surface area contributed by atoms with E-state index in [2.05, 4.69) is 52.7 Å².